The predicted octanol–water partition coefficient (Wildman–Crippen LogP) is 14.9. The average Bonchev–Trinajstić information content (AvgIpc) is 3.98. The summed E-state index contributed by atoms with van der Waals surface area (Å²) in [5.74, 6) is 0. The zero-order valence-electron chi connectivity index (χ0n) is 29.6. The molecule has 0 unspecified atom stereocenters. The van der Waals surface area contributed by atoms with Crippen LogP contribution in [0.25, 0.3) is 69.4 Å². The van der Waals surface area contributed by atoms with Gasteiger partial charge in [0.2, 0.25) is 5.71 Å². The molecule has 0 saturated heterocycles. The van der Waals surface area contributed by atoms with Gasteiger partial charge in [-0.25, -0.2) is 0 Å². The van der Waals surface area contributed by atoms with Crippen LogP contribution in [0.2, 0.25) is 0 Å². The predicted molar refractivity (Wildman–Crippen MR) is 233 cm³/mol. The Bertz CT molecular complexity index is 3290. The minimum Gasteiger partial charge on any atom is -0.439 e. The molecule has 0 saturated carbocycles. The zero-order valence-corrected chi connectivity index (χ0v) is 30.4. The molecule has 0 amide bonds. The quantitative estimate of drug-likeness (QED) is 0.171. The van der Waals surface area contributed by atoms with Gasteiger partial charge in [-0.15, -0.1) is 11.3 Å². The third kappa shape index (κ3) is 4.45. The minimum atomic E-state index is 0.893. The van der Waals surface area contributed by atoms with Crippen molar-refractivity contribution in [3.8, 4) is 0 Å². The fourth-order valence-electron chi connectivity index (χ4n) is 8.73. The molecule has 12 rings (SSSR count). The van der Waals surface area contributed by atoms with Crippen LogP contribution < -0.4 is 9.80 Å². The van der Waals surface area contributed by atoms with Gasteiger partial charge in [0.15, 0.2) is 0 Å². The molecule has 258 valence electrons. The van der Waals surface area contributed by atoms with Crippen LogP contribution in [0.4, 0.5) is 34.1 Å². The molecule has 0 bridgehead atoms. The van der Waals surface area contributed by atoms with E-state index in [0.717, 1.165) is 56.2 Å². The van der Waals surface area contributed by atoms with Crippen molar-refractivity contribution in [3.63, 3.8) is 0 Å². The van der Waals surface area contributed by atoms with Crippen LogP contribution in [0, 0.1) is 0 Å². The lowest BCUT2D eigenvalue weighted by Gasteiger charge is -2.26. The molecule has 55 heavy (non-hydrogen) atoms. The van der Waals surface area contributed by atoms with E-state index in [9.17, 15) is 0 Å². The van der Waals surface area contributed by atoms with Crippen LogP contribution in [-0.4, -0.2) is 4.40 Å². The number of rotatable bonds is 6. The summed E-state index contributed by atoms with van der Waals surface area (Å²) < 4.78 is 10.5. The van der Waals surface area contributed by atoms with E-state index >= 15 is 0 Å². The highest BCUT2D eigenvalue weighted by molar-refractivity contribution is 7.25. The fourth-order valence-corrected chi connectivity index (χ4v) is 9.98. The molecule has 0 aliphatic rings. The number of anilines is 6. The standard InChI is InChI=1S/C50H31N3OS/c1-5-15-34(16-6-1)51(35-17-7-2-8-18-35)38-26-25-32-31-44-41(30-33(32)29-38)45-40-27-28-42(52(36-19-9-3-10-20-36)37-21-11-4-12-22-37)47-46-39-23-13-14-24-43(39)54-49(46)53(48(40)47)50(45)55-44/h1-31H. The Labute approximate surface area is 320 Å². The number of nitrogens with zero attached hydrogens (tertiary/aromatic N) is 3. The first-order valence-electron chi connectivity index (χ1n) is 18.6. The first-order valence-corrected chi connectivity index (χ1v) is 19.4. The maximum absolute atomic E-state index is 6.84. The highest BCUT2D eigenvalue weighted by atomic mass is 32.1. The number of hydrogen-bond acceptors (Lipinski definition) is 4. The molecule has 8 aromatic carbocycles. The molecule has 0 atom stereocenters. The highest BCUT2D eigenvalue weighted by Crippen LogP contribution is 2.52. The van der Waals surface area contributed by atoms with E-state index in [0.29, 0.717) is 0 Å². The SMILES string of the molecule is c1ccc(N(c2ccccc2)c2ccc3cc4sc5c(c4cc3c2)c2ccc(N(c3ccccc3)c3ccccc3)c3c4c6ccccc6oc4n5c23)cc1. The summed E-state index contributed by atoms with van der Waals surface area (Å²) in [6.45, 7) is 0. The molecule has 4 nitrogen and oxygen atoms in total. The summed E-state index contributed by atoms with van der Waals surface area (Å²) in [6.07, 6.45) is 0. The first kappa shape index (κ1) is 30.4. The molecule has 4 aromatic heterocycles. The molecular formula is C50H31N3OS. The van der Waals surface area contributed by atoms with Crippen LogP contribution in [0.3, 0.4) is 0 Å². The van der Waals surface area contributed by atoms with Crippen molar-refractivity contribution in [3.05, 3.63) is 188 Å². The van der Waals surface area contributed by atoms with Gasteiger partial charge < -0.3 is 14.2 Å². The van der Waals surface area contributed by atoms with Gasteiger partial charge in [0.1, 0.15) is 10.4 Å². The Morgan fingerprint density at radius 2 is 1.02 bits per heavy atom. The molecule has 0 radical (unpaired) electrons. The molecule has 4 heterocycles. The number of fused-ring (bicyclic) bond motifs is 11. The second kappa shape index (κ2) is 11.7. The Hall–Kier alpha value is -7.08. The van der Waals surface area contributed by atoms with Gasteiger partial charge in [-0.05, 0) is 95.7 Å². The Kier molecular flexibility index (Phi) is 6.47. The van der Waals surface area contributed by atoms with E-state index in [1.54, 1.807) is 0 Å². The van der Waals surface area contributed by atoms with Crippen molar-refractivity contribution in [1.29, 1.82) is 0 Å². The maximum atomic E-state index is 6.84. The number of benzene rings is 8. The zero-order chi connectivity index (χ0) is 36.0. The van der Waals surface area contributed by atoms with Gasteiger partial charge in [-0.3, -0.25) is 4.40 Å². The van der Waals surface area contributed by atoms with Crippen molar-refractivity contribution in [2.24, 2.45) is 0 Å². The summed E-state index contributed by atoms with van der Waals surface area (Å²) in [4.78, 5) is 5.92. The largest absolute Gasteiger partial charge is 0.439 e. The smallest absolute Gasteiger partial charge is 0.214 e. The van der Waals surface area contributed by atoms with Crippen molar-refractivity contribution in [1.82, 2.24) is 4.40 Å². The van der Waals surface area contributed by atoms with Crippen molar-refractivity contribution in [2.75, 3.05) is 9.80 Å². The van der Waals surface area contributed by atoms with Crippen LogP contribution in [0.15, 0.2) is 192 Å². The van der Waals surface area contributed by atoms with E-state index in [1.807, 2.05) is 11.3 Å². The number of hydrogen-bond donors (Lipinski definition) is 0. The van der Waals surface area contributed by atoms with Crippen LogP contribution in [0.5, 0.6) is 0 Å². The number of thiophene rings is 1. The normalized spacial score (nSPS) is 12.0. The van der Waals surface area contributed by atoms with Gasteiger partial charge in [0.05, 0.1) is 16.6 Å². The number of aromatic nitrogens is 1. The average molecular weight is 722 g/mol. The Morgan fingerprint density at radius 1 is 0.418 bits per heavy atom. The summed E-state index contributed by atoms with van der Waals surface area (Å²) in [5, 5.41) is 9.69. The lowest BCUT2D eigenvalue weighted by atomic mass is 10.0. The maximum Gasteiger partial charge on any atom is 0.214 e. The topological polar surface area (TPSA) is 24.0 Å². The third-order valence-corrected chi connectivity index (χ3v) is 12.2. The molecule has 0 aliphatic heterocycles. The monoisotopic (exact) mass is 721 g/mol. The van der Waals surface area contributed by atoms with Gasteiger partial charge in [0.25, 0.3) is 0 Å². The van der Waals surface area contributed by atoms with Crippen molar-refractivity contribution < 1.29 is 4.42 Å². The minimum absolute atomic E-state index is 0.893. The Morgan fingerprint density at radius 3 is 1.67 bits per heavy atom. The van der Waals surface area contributed by atoms with Crippen molar-refractivity contribution in [2.45, 2.75) is 0 Å². The number of furan rings is 1. The summed E-state index contributed by atoms with van der Waals surface area (Å²) in [6, 6.07) is 67.3. The van der Waals surface area contributed by atoms with Crippen LogP contribution in [0.1, 0.15) is 0 Å². The fraction of sp³-hybridized carbons (Fsp3) is 0. The molecule has 0 aliphatic carbocycles. The molecule has 5 heteroatoms. The van der Waals surface area contributed by atoms with E-state index in [4.69, 9.17) is 4.42 Å². The van der Waals surface area contributed by atoms with Crippen LogP contribution >= 0.6 is 11.3 Å². The summed E-state index contributed by atoms with van der Waals surface area (Å²) >= 11 is 1.85. The third-order valence-electron chi connectivity index (χ3n) is 11.1. The van der Waals surface area contributed by atoms with Gasteiger partial charge in [-0.1, -0.05) is 103 Å². The van der Waals surface area contributed by atoms with E-state index < -0.39 is 0 Å². The molecule has 0 spiro atoms. The first-order chi connectivity index (χ1) is 27.3. The van der Waals surface area contributed by atoms with Crippen LogP contribution in [-0.2, 0) is 0 Å². The van der Waals surface area contributed by atoms with E-state index in [2.05, 4.69) is 202 Å². The second-order valence-corrected chi connectivity index (χ2v) is 15.2. The lowest BCUT2D eigenvalue weighted by molar-refractivity contribution is 0.652. The van der Waals surface area contributed by atoms with Gasteiger partial charge in [0, 0.05) is 60.1 Å². The molecule has 12 aromatic rings. The summed E-state index contributed by atoms with van der Waals surface area (Å²) in [7, 11) is 0. The second-order valence-electron chi connectivity index (χ2n) is 14.1. The van der Waals surface area contributed by atoms with Crippen molar-refractivity contribution >= 4 is 115 Å². The van der Waals surface area contributed by atoms with Gasteiger partial charge in [-0.2, -0.15) is 0 Å². The molecular weight excluding hydrogens is 691 g/mol. The molecule has 0 fully saturated rings. The van der Waals surface area contributed by atoms with E-state index in [1.165, 1.54) is 47.4 Å². The Balaban J connectivity index is 1.15. The lowest BCUT2D eigenvalue weighted by Crippen LogP contribution is -2.10. The molecule has 0 N–H and O–H groups in total. The summed E-state index contributed by atoms with van der Waals surface area (Å²) in [5.41, 5.74) is 9.72. The van der Waals surface area contributed by atoms with Gasteiger partial charge >= 0.3 is 0 Å². The number of para-hydroxylation sites is 5. The van der Waals surface area contributed by atoms with E-state index in [-0.39, 0.29) is 0 Å². The highest BCUT2D eigenvalue weighted by Gasteiger charge is 2.29.